The predicted octanol–water partition coefficient (Wildman–Crippen LogP) is 3.71. The molecule has 152 valence electrons. The van der Waals surface area contributed by atoms with Gasteiger partial charge in [0.1, 0.15) is 0 Å². The van der Waals surface area contributed by atoms with E-state index in [-0.39, 0.29) is 17.4 Å². The van der Waals surface area contributed by atoms with Gasteiger partial charge in [-0.3, -0.25) is 4.98 Å². The third-order valence-electron chi connectivity index (χ3n) is 9.55. The third-order valence-corrected chi connectivity index (χ3v) is 9.55. The number of aliphatic hydroxyl groups is 3. The average molecular weight is 384 g/mol. The molecule has 3 fully saturated rings. The number of fused-ring (bicyclic) bond motifs is 5. The van der Waals surface area contributed by atoms with Crippen LogP contribution < -0.4 is 0 Å². The molecule has 4 aliphatic rings. The van der Waals surface area contributed by atoms with Crippen LogP contribution in [0.1, 0.15) is 70.8 Å². The van der Waals surface area contributed by atoms with E-state index in [4.69, 9.17) is 0 Å². The molecular formula is C24H33NO3. The molecule has 7 atom stereocenters. The van der Waals surface area contributed by atoms with Gasteiger partial charge < -0.3 is 15.3 Å². The van der Waals surface area contributed by atoms with Gasteiger partial charge in [-0.25, -0.2) is 0 Å². The largest absolute Gasteiger partial charge is 0.393 e. The van der Waals surface area contributed by atoms with Crippen molar-refractivity contribution in [3.8, 4) is 0 Å². The van der Waals surface area contributed by atoms with E-state index in [2.05, 4.69) is 24.9 Å². The van der Waals surface area contributed by atoms with Crippen molar-refractivity contribution in [3.63, 3.8) is 0 Å². The van der Waals surface area contributed by atoms with Crippen LogP contribution in [0.5, 0.6) is 0 Å². The van der Waals surface area contributed by atoms with Crippen LogP contribution in [0.3, 0.4) is 0 Å². The van der Waals surface area contributed by atoms with Crippen molar-refractivity contribution >= 4 is 0 Å². The summed E-state index contributed by atoms with van der Waals surface area (Å²) in [5.74, 6) is 0.593. The van der Waals surface area contributed by atoms with E-state index in [0.29, 0.717) is 18.8 Å². The van der Waals surface area contributed by atoms with Crippen molar-refractivity contribution in [2.24, 2.45) is 22.7 Å². The Hall–Kier alpha value is -1.23. The molecule has 1 heterocycles. The van der Waals surface area contributed by atoms with Gasteiger partial charge in [-0.15, -0.1) is 0 Å². The monoisotopic (exact) mass is 383 g/mol. The molecule has 0 unspecified atom stereocenters. The quantitative estimate of drug-likeness (QED) is 0.647. The summed E-state index contributed by atoms with van der Waals surface area (Å²) in [4.78, 5) is 4.24. The van der Waals surface area contributed by atoms with Crippen LogP contribution in [0.4, 0.5) is 0 Å². The number of aromatic nitrogens is 1. The zero-order chi connectivity index (χ0) is 19.8. The van der Waals surface area contributed by atoms with Gasteiger partial charge in [-0.1, -0.05) is 31.6 Å². The summed E-state index contributed by atoms with van der Waals surface area (Å²) in [5, 5.41) is 34.2. The molecule has 5 rings (SSSR count). The lowest BCUT2D eigenvalue weighted by Gasteiger charge is -2.62. The summed E-state index contributed by atoms with van der Waals surface area (Å²) in [7, 11) is 0. The predicted molar refractivity (Wildman–Crippen MR) is 107 cm³/mol. The molecular weight excluding hydrogens is 350 g/mol. The van der Waals surface area contributed by atoms with Crippen molar-refractivity contribution < 1.29 is 15.3 Å². The van der Waals surface area contributed by atoms with E-state index in [1.165, 1.54) is 5.57 Å². The molecule has 1 aromatic rings. The van der Waals surface area contributed by atoms with Crippen LogP contribution in [0.15, 0.2) is 36.2 Å². The molecule has 0 bridgehead atoms. The molecule has 0 aliphatic heterocycles. The zero-order valence-corrected chi connectivity index (χ0v) is 17.1. The number of nitrogens with zero attached hydrogens (tertiary/aromatic N) is 1. The van der Waals surface area contributed by atoms with E-state index in [0.717, 1.165) is 44.1 Å². The van der Waals surface area contributed by atoms with E-state index < -0.39 is 16.6 Å². The fourth-order valence-corrected chi connectivity index (χ4v) is 7.69. The summed E-state index contributed by atoms with van der Waals surface area (Å²) in [6.07, 6.45) is 12.2. The van der Waals surface area contributed by atoms with Gasteiger partial charge in [-0.2, -0.15) is 0 Å². The van der Waals surface area contributed by atoms with Gasteiger partial charge in [0, 0.05) is 23.4 Å². The van der Waals surface area contributed by atoms with Crippen molar-refractivity contribution in [2.45, 2.75) is 82.5 Å². The normalized spacial score (nSPS) is 50.3. The molecule has 1 aromatic heterocycles. The Labute approximate surface area is 167 Å². The highest BCUT2D eigenvalue weighted by molar-refractivity contribution is 5.33. The number of pyridine rings is 1. The lowest BCUT2D eigenvalue weighted by atomic mass is 9.45. The number of hydrogen-bond acceptors (Lipinski definition) is 4. The summed E-state index contributed by atoms with van der Waals surface area (Å²) in [5.41, 5.74) is -0.156. The lowest BCUT2D eigenvalue weighted by molar-refractivity contribution is -0.218. The summed E-state index contributed by atoms with van der Waals surface area (Å²) in [6, 6.07) is 3.84. The standard InChI is InChI=1S/C24H33NO3/c1-21-9-7-18(26)14-16(21)5-6-20-19(21)8-10-22(2)23(27,11-12-24(20,22)28)17-4-3-13-25-15-17/h3-5,13,15,18-20,26-28H,6-12,14H2,1-2H3/t18-,19-,20+,21-,22+,23-,24-/m0/s1. The van der Waals surface area contributed by atoms with Crippen molar-refractivity contribution in [2.75, 3.05) is 0 Å². The van der Waals surface area contributed by atoms with Crippen LogP contribution in [-0.4, -0.2) is 32.0 Å². The molecule has 28 heavy (non-hydrogen) atoms. The minimum absolute atomic E-state index is 0.0776. The van der Waals surface area contributed by atoms with Crippen LogP contribution >= 0.6 is 0 Å². The molecule has 0 saturated heterocycles. The van der Waals surface area contributed by atoms with E-state index in [1.807, 2.05) is 12.1 Å². The zero-order valence-electron chi connectivity index (χ0n) is 17.1. The van der Waals surface area contributed by atoms with Crippen LogP contribution in [0, 0.1) is 22.7 Å². The highest BCUT2D eigenvalue weighted by Crippen LogP contribution is 2.70. The molecule has 0 spiro atoms. The Morgan fingerprint density at radius 3 is 2.61 bits per heavy atom. The maximum absolute atomic E-state index is 12.2. The second-order valence-corrected chi connectivity index (χ2v) is 10.4. The fourth-order valence-electron chi connectivity index (χ4n) is 7.69. The first kappa shape index (κ1) is 18.8. The molecule has 0 radical (unpaired) electrons. The summed E-state index contributed by atoms with van der Waals surface area (Å²) >= 11 is 0. The van der Waals surface area contributed by atoms with E-state index in [9.17, 15) is 15.3 Å². The van der Waals surface area contributed by atoms with Crippen LogP contribution in [-0.2, 0) is 5.60 Å². The van der Waals surface area contributed by atoms with Gasteiger partial charge in [0.05, 0.1) is 17.3 Å². The lowest BCUT2D eigenvalue weighted by Crippen LogP contribution is -2.63. The number of rotatable bonds is 1. The topological polar surface area (TPSA) is 73.6 Å². The van der Waals surface area contributed by atoms with Crippen LogP contribution in [0.2, 0.25) is 0 Å². The Balaban J connectivity index is 1.56. The van der Waals surface area contributed by atoms with Gasteiger partial charge in [0.25, 0.3) is 0 Å². The average Bonchev–Trinajstić information content (AvgIpc) is 2.91. The molecule has 3 N–H and O–H groups in total. The molecule has 4 nitrogen and oxygen atoms in total. The Bertz CT molecular complexity index is 809. The molecule has 4 heteroatoms. The highest BCUT2D eigenvalue weighted by Gasteiger charge is 2.71. The molecule has 0 amide bonds. The first-order chi connectivity index (χ1) is 13.2. The smallest absolute Gasteiger partial charge is 0.0993 e. The molecule has 3 saturated carbocycles. The Kier molecular flexibility index (Phi) is 3.96. The van der Waals surface area contributed by atoms with E-state index in [1.54, 1.807) is 12.4 Å². The highest BCUT2D eigenvalue weighted by atomic mass is 16.3. The number of allylic oxidation sites excluding steroid dienone is 1. The third kappa shape index (κ3) is 2.15. The van der Waals surface area contributed by atoms with Crippen molar-refractivity contribution in [1.82, 2.24) is 4.98 Å². The van der Waals surface area contributed by atoms with E-state index >= 15 is 0 Å². The summed E-state index contributed by atoms with van der Waals surface area (Å²) in [6.45, 7) is 4.46. The van der Waals surface area contributed by atoms with Gasteiger partial charge in [0.2, 0.25) is 0 Å². The van der Waals surface area contributed by atoms with Gasteiger partial charge in [-0.05, 0) is 74.7 Å². The number of aliphatic hydroxyl groups excluding tert-OH is 1. The molecule has 0 aromatic carbocycles. The Morgan fingerprint density at radius 1 is 1.04 bits per heavy atom. The Morgan fingerprint density at radius 2 is 1.86 bits per heavy atom. The number of hydrogen-bond donors (Lipinski definition) is 3. The second-order valence-electron chi connectivity index (χ2n) is 10.4. The van der Waals surface area contributed by atoms with Crippen LogP contribution in [0.25, 0.3) is 0 Å². The van der Waals surface area contributed by atoms with Gasteiger partial charge in [0.15, 0.2) is 0 Å². The minimum atomic E-state index is -1.03. The summed E-state index contributed by atoms with van der Waals surface area (Å²) < 4.78 is 0. The SMILES string of the molecule is C[C@]12CC[C@H]3[C@@H](CC=C4C[C@@H](O)CC[C@@]43C)[C@@]1(O)CC[C@]2(O)c1cccnc1. The minimum Gasteiger partial charge on any atom is -0.393 e. The van der Waals surface area contributed by atoms with Gasteiger partial charge >= 0.3 is 0 Å². The maximum atomic E-state index is 12.2. The maximum Gasteiger partial charge on any atom is 0.0993 e. The first-order valence-electron chi connectivity index (χ1n) is 11.0. The van der Waals surface area contributed by atoms with Crippen molar-refractivity contribution in [3.05, 3.63) is 41.7 Å². The first-order valence-corrected chi connectivity index (χ1v) is 11.0. The fraction of sp³-hybridized carbons (Fsp3) is 0.708. The molecule has 4 aliphatic carbocycles. The van der Waals surface area contributed by atoms with Crippen molar-refractivity contribution in [1.29, 1.82) is 0 Å². The second kappa shape index (κ2) is 5.90.